The SMILES string of the molecule is COc1ccccc1-n1nnc(C(=O)OCc2nc(-c3cccc(Cl)c3)oc2C)c1C. The molecule has 0 radical (unpaired) electrons. The molecule has 0 unspecified atom stereocenters. The number of carbonyl (C=O) groups excluding carboxylic acids is 1. The van der Waals surface area contributed by atoms with Crippen molar-refractivity contribution in [3.63, 3.8) is 0 Å². The van der Waals surface area contributed by atoms with Crippen molar-refractivity contribution in [1.82, 2.24) is 20.0 Å². The fraction of sp³-hybridized carbons (Fsp3) is 0.182. The topological polar surface area (TPSA) is 92.3 Å². The van der Waals surface area contributed by atoms with Gasteiger partial charge in [-0.25, -0.2) is 14.5 Å². The van der Waals surface area contributed by atoms with Gasteiger partial charge in [-0.15, -0.1) is 5.10 Å². The van der Waals surface area contributed by atoms with Crippen LogP contribution in [-0.2, 0) is 11.3 Å². The van der Waals surface area contributed by atoms with E-state index in [-0.39, 0.29) is 12.3 Å². The lowest BCUT2D eigenvalue weighted by Gasteiger charge is -2.08. The Bertz CT molecular complexity index is 1250. The van der Waals surface area contributed by atoms with Crippen molar-refractivity contribution >= 4 is 17.6 Å². The van der Waals surface area contributed by atoms with Crippen LogP contribution in [0.3, 0.4) is 0 Å². The number of oxazole rings is 1. The van der Waals surface area contributed by atoms with Gasteiger partial charge in [0.25, 0.3) is 0 Å². The zero-order valence-electron chi connectivity index (χ0n) is 17.1. The van der Waals surface area contributed by atoms with Gasteiger partial charge in [0.05, 0.1) is 12.8 Å². The Labute approximate surface area is 183 Å². The summed E-state index contributed by atoms with van der Waals surface area (Å²) in [4.78, 5) is 17.0. The smallest absolute Gasteiger partial charge is 0.361 e. The number of ether oxygens (including phenoxy) is 2. The summed E-state index contributed by atoms with van der Waals surface area (Å²) in [7, 11) is 1.57. The molecule has 31 heavy (non-hydrogen) atoms. The second-order valence-electron chi connectivity index (χ2n) is 6.72. The molecule has 0 aliphatic rings. The van der Waals surface area contributed by atoms with Crippen LogP contribution >= 0.6 is 11.6 Å². The van der Waals surface area contributed by atoms with Crippen molar-refractivity contribution in [1.29, 1.82) is 0 Å². The number of carbonyl (C=O) groups is 1. The number of esters is 1. The second kappa shape index (κ2) is 8.61. The van der Waals surface area contributed by atoms with Crippen LogP contribution in [0.15, 0.2) is 52.9 Å². The van der Waals surface area contributed by atoms with E-state index in [1.54, 1.807) is 39.2 Å². The molecule has 0 N–H and O–H groups in total. The predicted molar refractivity (Wildman–Crippen MR) is 113 cm³/mol. The largest absolute Gasteiger partial charge is 0.494 e. The average Bonchev–Trinajstić information content (AvgIpc) is 3.34. The van der Waals surface area contributed by atoms with Crippen LogP contribution in [0.25, 0.3) is 17.1 Å². The maximum absolute atomic E-state index is 12.6. The van der Waals surface area contributed by atoms with E-state index in [1.165, 1.54) is 4.68 Å². The third-order valence-electron chi connectivity index (χ3n) is 4.71. The lowest BCUT2D eigenvalue weighted by atomic mass is 10.2. The van der Waals surface area contributed by atoms with Gasteiger partial charge in [-0.05, 0) is 44.2 Å². The number of nitrogens with zero attached hydrogens (tertiary/aromatic N) is 4. The predicted octanol–water partition coefficient (Wildman–Crippen LogP) is 4.56. The van der Waals surface area contributed by atoms with E-state index in [4.69, 9.17) is 25.5 Å². The number of hydrogen-bond donors (Lipinski definition) is 0. The fourth-order valence-corrected chi connectivity index (χ4v) is 3.25. The zero-order valence-corrected chi connectivity index (χ0v) is 17.9. The van der Waals surface area contributed by atoms with Crippen molar-refractivity contribution < 1.29 is 18.7 Å². The minimum atomic E-state index is -0.606. The standard InChI is InChI=1S/C22H19ClN4O4/c1-13-20(25-26-27(13)18-9-4-5-10-19(18)29-3)22(28)30-12-17-14(2)31-21(24-17)15-7-6-8-16(23)11-15/h4-11H,12H2,1-3H3. The summed E-state index contributed by atoms with van der Waals surface area (Å²) in [5.41, 5.74) is 2.57. The molecule has 2 aromatic carbocycles. The summed E-state index contributed by atoms with van der Waals surface area (Å²) in [6.07, 6.45) is 0. The third kappa shape index (κ3) is 4.15. The summed E-state index contributed by atoms with van der Waals surface area (Å²) < 4.78 is 18.0. The van der Waals surface area contributed by atoms with Gasteiger partial charge in [0.15, 0.2) is 5.69 Å². The molecule has 2 aromatic heterocycles. The molecule has 0 atom stereocenters. The highest BCUT2D eigenvalue weighted by Gasteiger charge is 2.21. The summed E-state index contributed by atoms with van der Waals surface area (Å²) in [5.74, 6) is 0.967. The van der Waals surface area contributed by atoms with Gasteiger partial charge in [0, 0.05) is 10.6 Å². The zero-order chi connectivity index (χ0) is 22.0. The van der Waals surface area contributed by atoms with Crippen molar-refractivity contribution in [3.8, 4) is 22.9 Å². The molecule has 0 bridgehead atoms. The number of aromatic nitrogens is 4. The third-order valence-corrected chi connectivity index (χ3v) is 4.94. The number of aryl methyl sites for hydroxylation is 1. The van der Waals surface area contributed by atoms with Crippen LogP contribution < -0.4 is 4.74 Å². The molecular weight excluding hydrogens is 420 g/mol. The first kappa shape index (κ1) is 20.6. The highest BCUT2D eigenvalue weighted by atomic mass is 35.5. The number of hydrogen-bond acceptors (Lipinski definition) is 7. The quantitative estimate of drug-likeness (QED) is 0.407. The van der Waals surface area contributed by atoms with Gasteiger partial charge < -0.3 is 13.9 Å². The van der Waals surface area contributed by atoms with Gasteiger partial charge >= 0.3 is 5.97 Å². The van der Waals surface area contributed by atoms with Crippen LogP contribution in [0.1, 0.15) is 27.6 Å². The Kier molecular flexibility index (Phi) is 5.73. The van der Waals surface area contributed by atoms with Gasteiger partial charge in [0.2, 0.25) is 5.89 Å². The summed E-state index contributed by atoms with van der Waals surface area (Å²) in [6, 6.07) is 14.5. The van der Waals surface area contributed by atoms with E-state index in [9.17, 15) is 4.79 Å². The van der Waals surface area contributed by atoms with E-state index in [0.717, 1.165) is 5.56 Å². The van der Waals surface area contributed by atoms with Gasteiger partial charge in [-0.1, -0.05) is 35.0 Å². The van der Waals surface area contributed by atoms with E-state index in [2.05, 4.69) is 15.3 Å². The van der Waals surface area contributed by atoms with Gasteiger partial charge in [-0.2, -0.15) is 0 Å². The first-order valence-electron chi connectivity index (χ1n) is 9.43. The van der Waals surface area contributed by atoms with Crippen molar-refractivity contribution in [3.05, 3.63) is 76.4 Å². The first-order valence-corrected chi connectivity index (χ1v) is 9.80. The van der Waals surface area contributed by atoms with Crippen LogP contribution in [0.2, 0.25) is 5.02 Å². The maximum atomic E-state index is 12.6. The van der Waals surface area contributed by atoms with Crippen LogP contribution in [0, 0.1) is 13.8 Å². The summed E-state index contributed by atoms with van der Waals surface area (Å²) in [5, 5.41) is 8.65. The summed E-state index contributed by atoms with van der Waals surface area (Å²) >= 11 is 6.03. The fourth-order valence-electron chi connectivity index (χ4n) is 3.06. The number of methoxy groups -OCH3 is 1. The molecule has 4 rings (SSSR count). The Morgan fingerprint density at radius 2 is 1.97 bits per heavy atom. The minimum Gasteiger partial charge on any atom is -0.494 e. The Balaban J connectivity index is 1.51. The molecular formula is C22H19ClN4O4. The van der Waals surface area contributed by atoms with Crippen LogP contribution in [0.5, 0.6) is 5.75 Å². The Morgan fingerprint density at radius 3 is 2.74 bits per heavy atom. The van der Waals surface area contributed by atoms with Crippen molar-refractivity contribution in [2.45, 2.75) is 20.5 Å². The lowest BCUT2D eigenvalue weighted by molar-refractivity contribution is 0.0459. The molecule has 0 aliphatic carbocycles. The average molecular weight is 439 g/mol. The summed E-state index contributed by atoms with van der Waals surface area (Å²) in [6.45, 7) is 3.44. The molecule has 9 heteroatoms. The lowest BCUT2D eigenvalue weighted by Crippen LogP contribution is -2.09. The molecule has 158 valence electrons. The first-order chi connectivity index (χ1) is 15.0. The molecule has 0 fully saturated rings. The van der Waals surface area contributed by atoms with Crippen LogP contribution in [-0.4, -0.2) is 33.1 Å². The monoisotopic (exact) mass is 438 g/mol. The molecule has 0 saturated carbocycles. The maximum Gasteiger partial charge on any atom is 0.361 e. The number of para-hydroxylation sites is 2. The van der Waals surface area contributed by atoms with E-state index in [0.29, 0.717) is 39.5 Å². The van der Waals surface area contributed by atoms with E-state index >= 15 is 0 Å². The molecule has 4 aromatic rings. The number of rotatable bonds is 6. The van der Waals surface area contributed by atoms with Crippen molar-refractivity contribution in [2.24, 2.45) is 0 Å². The normalized spacial score (nSPS) is 10.8. The molecule has 0 aliphatic heterocycles. The number of benzene rings is 2. The van der Waals surface area contributed by atoms with Crippen molar-refractivity contribution in [2.75, 3.05) is 7.11 Å². The van der Waals surface area contributed by atoms with E-state index in [1.807, 2.05) is 30.3 Å². The molecule has 0 spiro atoms. The minimum absolute atomic E-state index is 0.0598. The molecule has 2 heterocycles. The number of halogens is 1. The molecule has 0 saturated heterocycles. The second-order valence-corrected chi connectivity index (χ2v) is 7.15. The molecule has 8 nitrogen and oxygen atoms in total. The Hall–Kier alpha value is -3.65. The van der Waals surface area contributed by atoms with E-state index < -0.39 is 5.97 Å². The van der Waals surface area contributed by atoms with Crippen LogP contribution in [0.4, 0.5) is 0 Å². The molecule has 0 amide bonds. The highest BCUT2D eigenvalue weighted by molar-refractivity contribution is 6.30. The van der Waals surface area contributed by atoms with Gasteiger partial charge in [-0.3, -0.25) is 0 Å². The van der Waals surface area contributed by atoms with Gasteiger partial charge in [0.1, 0.15) is 29.5 Å². The Morgan fingerprint density at radius 1 is 1.16 bits per heavy atom. The highest BCUT2D eigenvalue weighted by Crippen LogP contribution is 2.26.